The Kier molecular flexibility index (Phi) is 8.17. The normalized spacial score (nSPS) is 21.7. The van der Waals surface area contributed by atoms with Crippen LogP contribution >= 0.6 is 27.5 Å². The van der Waals surface area contributed by atoms with E-state index in [0.29, 0.717) is 35.2 Å². The lowest BCUT2D eigenvalue weighted by molar-refractivity contribution is -0.149. The minimum atomic E-state index is -4.56. The van der Waals surface area contributed by atoms with Crippen LogP contribution < -0.4 is 15.2 Å². The first-order valence-corrected chi connectivity index (χ1v) is 15.2. The predicted molar refractivity (Wildman–Crippen MR) is 149 cm³/mol. The maximum absolute atomic E-state index is 16.0. The van der Waals surface area contributed by atoms with Crippen molar-refractivity contribution in [3.63, 3.8) is 0 Å². The summed E-state index contributed by atoms with van der Waals surface area (Å²) < 4.78 is 67.0. The van der Waals surface area contributed by atoms with Crippen molar-refractivity contribution in [2.75, 3.05) is 0 Å². The molecule has 2 bridgehead atoms. The van der Waals surface area contributed by atoms with Crippen molar-refractivity contribution in [3.05, 3.63) is 81.9 Å². The zero-order chi connectivity index (χ0) is 28.7. The van der Waals surface area contributed by atoms with Crippen LogP contribution in [0.4, 0.5) is 8.78 Å². The molecule has 0 radical (unpaired) electrons. The summed E-state index contributed by atoms with van der Waals surface area (Å²) in [5.41, 5.74) is 5.62. The molecule has 8 nitrogen and oxygen atoms in total. The lowest BCUT2D eigenvalue weighted by atomic mass is 9.95. The number of carbonyl (C=O) groups is 1. The van der Waals surface area contributed by atoms with Crippen LogP contribution in [0.1, 0.15) is 31.2 Å². The van der Waals surface area contributed by atoms with E-state index in [-0.39, 0.29) is 34.7 Å². The number of rotatable bonds is 8. The molecular formula is C27H26BrClF2N4O4S. The number of alkyl halides is 2. The largest absolute Gasteiger partial charge is 0.439 e. The third kappa shape index (κ3) is 6.01. The highest BCUT2D eigenvalue weighted by atomic mass is 79.9. The number of nitrogens with zero attached hydrogens (tertiary/aromatic N) is 2. The Hall–Kier alpha value is -2.64. The van der Waals surface area contributed by atoms with Crippen LogP contribution in [-0.4, -0.2) is 48.4 Å². The van der Waals surface area contributed by atoms with Crippen LogP contribution in [0, 0.1) is 0 Å². The van der Waals surface area contributed by atoms with Crippen LogP contribution in [0.3, 0.4) is 0 Å². The number of piperidine rings is 1. The van der Waals surface area contributed by atoms with Crippen molar-refractivity contribution in [2.45, 2.75) is 60.7 Å². The van der Waals surface area contributed by atoms with Crippen LogP contribution in [0.5, 0.6) is 11.6 Å². The second kappa shape index (κ2) is 11.3. The molecule has 212 valence electrons. The van der Waals surface area contributed by atoms with Crippen LogP contribution in [0.15, 0.2) is 76.2 Å². The molecule has 40 heavy (non-hydrogen) atoms. The van der Waals surface area contributed by atoms with Gasteiger partial charge in [-0.2, -0.15) is 13.5 Å². The van der Waals surface area contributed by atoms with Gasteiger partial charge >= 0.3 is 0 Å². The van der Waals surface area contributed by atoms with Gasteiger partial charge < -0.3 is 15.4 Å². The fourth-order valence-corrected chi connectivity index (χ4v) is 6.87. The minimum Gasteiger partial charge on any atom is -0.439 e. The maximum atomic E-state index is 16.0. The molecule has 3 aromatic rings. The zero-order valence-corrected chi connectivity index (χ0v) is 24.2. The van der Waals surface area contributed by atoms with Crippen molar-refractivity contribution in [1.29, 1.82) is 0 Å². The molecule has 13 heteroatoms. The summed E-state index contributed by atoms with van der Waals surface area (Å²) in [5, 5.41) is 0.421. The zero-order valence-electron chi connectivity index (χ0n) is 21.0. The predicted octanol–water partition coefficient (Wildman–Crippen LogP) is 5.21. The van der Waals surface area contributed by atoms with Gasteiger partial charge in [0.25, 0.3) is 5.92 Å². The summed E-state index contributed by atoms with van der Waals surface area (Å²) >= 11 is 9.04. The number of aromatic nitrogens is 1. The monoisotopic (exact) mass is 654 g/mol. The number of pyridine rings is 1. The molecule has 5 rings (SSSR count). The number of amides is 1. The lowest BCUT2D eigenvalue weighted by Crippen LogP contribution is -2.60. The molecule has 3 N–H and O–H groups in total. The lowest BCUT2D eigenvalue weighted by Gasteiger charge is -2.41. The fourth-order valence-electron chi connectivity index (χ4n) is 5.30. The van der Waals surface area contributed by atoms with Crippen molar-refractivity contribution in [3.8, 4) is 11.6 Å². The number of fused-ring (bicyclic) bond motifs is 2. The van der Waals surface area contributed by atoms with Crippen LogP contribution in [-0.2, 0) is 20.7 Å². The molecule has 2 saturated heterocycles. The maximum Gasteiger partial charge on any atom is 0.298 e. The van der Waals surface area contributed by atoms with Crippen LogP contribution in [0.25, 0.3) is 0 Å². The Morgan fingerprint density at radius 2 is 1.70 bits per heavy atom. The Labute approximate surface area is 244 Å². The average molecular weight is 656 g/mol. The highest BCUT2D eigenvalue weighted by molar-refractivity contribution is 9.10. The first kappa shape index (κ1) is 28.9. The second-order valence-electron chi connectivity index (χ2n) is 9.93. The third-order valence-electron chi connectivity index (χ3n) is 7.19. The van der Waals surface area contributed by atoms with Crippen molar-refractivity contribution in [1.82, 2.24) is 14.6 Å². The molecule has 2 aliphatic heterocycles. The highest BCUT2D eigenvalue weighted by Gasteiger charge is 2.53. The summed E-state index contributed by atoms with van der Waals surface area (Å²) in [6.07, 6.45) is 3.63. The SMILES string of the molecule is NC1CC2CCC(C1)N2C(=O)[C@@H](NS(=O)(=O)c1ccc(Oc2ccc(Cl)cn2)cc1)C(F)(F)c1ccc(Br)cc1. The molecule has 3 atom stereocenters. The molecule has 2 unspecified atom stereocenters. The van der Waals surface area contributed by atoms with Gasteiger partial charge in [-0.15, -0.1) is 0 Å². The van der Waals surface area contributed by atoms with Gasteiger partial charge in [-0.05, 0) is 68.1 Å². The quantitative estimate of drug-likeness (QED) is 0.345. The summed E-state index contributed by atoms with van der Waals surface area (Å²) in [7, 11) is -4.56. The Balaban J connectivity index is 1.43. The molecule has 2 fully saturated rings. The van der Waals surface area contributed by atoms with E-state index in [4.69, 9.17) is 22.1 Å². The number of ether oxygens (including phenoxy) is 1. The van der Waals surface area contributed by atoms with E-state index in [9.17, 15) is 13.2 Å². The first-order valence-electron chi connectivity index (χ1n) is 12.6. The molecule has 2 aliphatic rings. The van der Waals surface area contributed by atoms with E-state index < -0.39 is 33.5 Å². The number of carbonyl (C=O) groups excluding carboxylic acids is 1. The summed E-state index contributed by atoms with van der Waals surface area (Å²) in [6.45, 7) is 0. The van der Waals surface area contributed by atoms with Gasteiger partial charge in [0.15, 0.2) is 6.04 Å². The molecule has 0 spiro atoms. The minimum absolute atomic E-state index is 0.132. The van der Waals surface area contributed by atoms with E-state index in [1.165, 1.54) is 53.6 Å². The van der Waals surface area contributed by atoms with E-state index in [1.54, 1.807) is 6.07 Å². The highest BCUT2D eigenvalue weighted by Crippen LogP contribution is 2.40. The Morgan fingerprint density at radius 3 is 2.27 bits per heavy atom. The number of sulfonamides is 1. The molecular weight excluding hydrogens is 630 g/mol. The molecule has 2 aromatic carbocycles. The molecule has 0 aliphatic carbocycles. The topological polar surface area (TPSA) is 115 Å². The summed E-state index contributed by atoms with van der Waals surface area (Å²) in [6, 6.07) is 10.3. The van der Waals surface area contributed by atoms with Crippen LogP contribution in [0.2, 0.25) is 5.02 Å². The van der Waals surface area contributed by atoms with E-state index in [1.807, 2.05) is 4.72 Å². The smallest absolute Gasteiger partial charge is 0.298 e. The number of hydrogen-bond acceptors (Lipinski definition) is 6. The number of hydrogen-bond donors (Lipinski definition) is 2. The fraction of sp³-hybridized carbons (Fsp3) is 0.333. The summed E-state index contributed by atoms with van der Waals surface area (Å²) in [5.74, 6) is -4.33. The molecule has 3 heterocycles. The van der Waals surface area contributed by atoms with Gasteiger partial charge in [0.1, 0.15) is 5.75 Å². The van der Waals surface area contributed by atoms with Gasteiger partial charge in [0.05, 0.1) is 9.92 Å². The van der Waals surface area contributed by atoms with Crippen molar-refractivity contribution < 1.29 is 26.7 Å². The number of nitrogens with two attached hydrogens (primary N) is 1. The average Bonchev–Trinajstić information content (AvgIpc) is 3.19. The third-order valence-corrected chi connectivity index (χ3v) is 9.38. The molecule has 1 amide bonds. The molecule has 0 saturated carbocycles. The van der Waals surface area contributed by atoms with E-state index in [0.717, 1.165) is 12.1 Å². The molecule has 1 aromatic heterocycles. The standard InChI is InChI=1S/C27H26BrClF2N4O4S/c28-17-3-1-16(2-4-17)27(30,31)25(26(36)35-20-6-7-21(35)14-19(32)13-20)34-40(37,38)23-10-8-22(9-11-23)39-24-12-5-18(29)15-33-24/h1-5,8-12,15,19-21,25,34H,6-7,13-14,32H2/t19?,20?,21?,25-/m1/s1. The van der Waals surface area contributed by atoms with E-state index in [2.05, 4.69) is 20.9 Å². The van der Waals surface area contributed by atoms with E-state index >= 15 is 8.78 Å². The number of benzene rings is 2. The van der Waals surface area contributed by atoms with Crippen molar-refractivity contribution in [2.24, 2.45) is 5.73 Å². The summed E-state index contributed by atoms with van der Waals surface area (Å²) in [4.78, 5) is 18.9. The number of nitrogens with one attached hydrogen (secondary N) is 1. The van der Waals surface area contributed by atoms with Gasteiger partial charge in [0.2, 0.25) is 21.8 Å². The van der Waals surface area contributed by atoms with Gasteiger partial charge in [-0.3, -0.25) is 4.79 Å². The Morgan fingerprint density at radius 1 is 1.07 bits per heavy atom. The first-order chi connectivity index (χ1) is 18.9. The van der Waals surface area contributed by atoms with Gasteiger partial charge in [-0.1, -0.05) is 39.7 Å². The van der Waals surface area contributed by atoms with Crippen molar-refractivity contribution >= 4 is 43.5 Å². The van der Waals surface area contributed by atoms with Gasteiger partial charge in [0, 0.05) is 40.4 Å². The van der Waals surface area contributed by atoms with Gasteiger partial charge in [-0.25, -0.2) is 13.4 Å². The number of halogens is 4. The second-order valence-corrected chi connectivity index (χ2v) is 13.0. The Bertz CT molecular complexity index is 1460.